The number of hydrogen-bond acceptors (Lipinski definition) is 4. The first-order chi connectivity index (χ1) is 13.0. The van der Waals surface area contributed by atoms with Crippen LogP contribution in [0.3, 0.4) is 0 Å². The van der Waals surface area contributed by atoms with E-state index >= 15 is 0 Å². The summed E-state index contributed by atoms with van der Waals surface area (Å²) in [5.74, 6) is 0.686. The molecule has 5 nitrogen and oxygen atoms in total. The van der Waals surface area contributed by atoms with E-state index in [0.717, 1.165) is 11.1 Å². The lowest BCUT2D eigenvalue weighted by Gasteiger charge is -2.07. The Morgan fingerprint density at radius 2 is 1.70 bits per heavy atom. The quantitative estimate of drug-likeness (QED) is 0.499. The number of nitrogens with zero attached hydrogens (tertiary/aromatic N) is 1. The van der Waals surface area contributed by atoms with Crippen LogP contribution in [0.5, 0.6) is 5.75 Å². The van der Waals surface area contributed by atoms with E-state index in [1.807, 2.05) is 49.4 Å². The zero-order valence-electron chi connectivity index (χ0n) is 14.9. The Balaban J connectivity index is 1.61. The maximum absolute atomic E-state index is 12.1. The lowest BCUT2D eigenvalue weighted by molar-refractivity contribution is 0.306. The van der Waals surface area contributed by atoms with Crippen LogP contribution < -0.4 is 9.57 Å². The molecule has 0 amide bonds. The molecule has 0 saturated heterocycles. The minimum atomic E-state index is -3.67. The van der Waals surface area contributed by atoms with E-state index in [-0.39, 0.29) is 4.90 Å². The van der Waals surface area contributed by atoms with E-state index in [2.05, 4.69) is 9.93 Å². The van der Waals surface area contributed by atoms with E-state index in [0.29, 0.717) is 12.4 Å². The van der Waals surface area contributed by atoms with Crippen LogP contribution in [0, 0.1) is 6.92 Å². The third kappa shape index (κ3) is 5.43. The SMILES string of the molecule is Cc1ccc(COc2cccc(C=NNS(=O)(=O)c3ccccc3)c2)cc1. The topological polar surface area (TPSA) is 67.8 Å². The van der Waals surface area contributed by atoms with Gasteiger partial charge in [0, 0.05) is 0 Å². The fourth-order valence-corrected chi connectivity index (χ4v) is 3.17. The van der Waals surface area contributed by atoms with Crippen LogP contribution >= 0.6 is 0 Å². The van der Waals surface area contributed by atoms with Gasteiger partial charge in [-0.3, -0.25) is 0 Å². The van der Waals surface area contributed by atoms with Crippen LogP contribution in [0.4, 0.5) is 0 Å². The summed E-state index contributed by atoms with van der Waals surface area (Å²) in [6.07, 6.45) is 1.44. The Morgan fingerprint density at radius 1 is 0.963 bits per heavy atom. The summed E-state index contributed by atoms with van der Waals surface area (Å²) in [6.45, 7) is 2.50. The molecule has 0 heterocycles. The predicted molar refractivity (Wildman–Crippen MR) is 106 cm³/mol. The molecule has 0 aromatic heterocycles. The smallest absolute Gasteiger partial charge is 0.276 e. The highest BCUT2D eigenvalue weighted by molar-refractivity contribution is 7.89. The van der Waals surface area contributed by atoms with Gasteiger partial charge < -0.3 is 4.74 Å². The zero-order chi connectivity index (χ0) is 19.1. The lowest BCUT2D eigenvalue weighted by Crippen LogP contribution is -2.18. The highest BCUT2D eigenvalue weighted by Crippen LogP contribution is 2.15. The predicted octanol–water partition coefficient (Wildman–Crippen LogP) is 3.89. The summed E-state index contributed by atoms with van der Waals surface area (Å²) in [7, 11) is -3.67. The maximum atomic E-state index is 12.1. The molecule has 3 aromatic rings. The second kappa shape index (κ2) is 8.51. The Kier molecular flexibility index (Phi) is 5.88. The van der Waals surface area contributed by atoms with Crippen molar-refractivity contribution in [2.45, 2.75) is 18.4 Å². The molecule has 0 atom stereocenters. The van der Waals surface area contributed by atoms with Gasteiger partial charge in [-0.2, -0.15) is 13.5 Å². The average molecular weight is 380 g/mol. The number of aryl methyl sites for hydroxylation is 1. The second-order valence-electron chi connectivity index (χ2n) is 6.01. The minimum absolute atomic E-state index is 0.164. The Bertz CT molecular complexity index is 1010. The summed E-state index contributed by atoms with van der Waals surface area (Å²) in [5.41, 5.74) is 3.01. The van der Waals surface area contributed by atoms with E-state index in [9.17, 15) is 8.42 Å². The number of ether oxygens (including phenoxy) is 1. The largest absolute Gasteiger partial charge is 0.489 e. The number of sulfonamides is 1. The molecule has 0 unspecified atom stereocenters. The summed E-state index contributed by atoms with van der Waals surface area (Å²) < 4.78 is 30.0. The summed E-state index contributed by atoms with van der Waals surface area (Å²) in [4.78, 5) is 2.37. The lowest BCUT2D eigenvalue weighted by atomic mass is 10.2. The molecule has 0 aliphatic heterocycles. The molecule has 3 aromatic carbocycles. The van der Waals surface area contributed by atoms with Crippen LogP contribution in [-0.4, -0.2) is 14.6 Å². The van der Waals surface area contributed by atoms with Crippen molar-refractivity contribution in [1.29, 1.82) is 0 Å². The van der Waals surface area contributed by atoms with Crippen molar-refractivity contribution in [3.8, 4) is 5.75 Å². The molecule has 0 aliphatic carbocycles. The summed E-state index contributed by atoms with van der Waals surface area (Å²) >= 11 is 0. The van der Waals surface area contributed by atoms with Gasteiger partial charge in [-0.1, -0.05) is 60.2 Å². The molecule has 138 valence electrons. The molecule has 3 rings (SSSR count). The molecule has 0 bridgehead atoms. The van der Waals surface area contributed by atoms with Gasteiger partial charge in [0.2, 0.25) is 0 Å². The van der Waals surface area contributed by atoms with Crippen LogP contribution in [-0.2, 0) is 16.6 Å². The third-order valence-corrected chi connectivity index (χ3v) is 5.06. The first kappa shape index (κ1) is 18.7. The zero-order valence-corrected chi connectivity index (χ0v) is 15.7. The van der Waals surface area contributed by atoms with Crippen molar-refractivity contribution >= 4 is 16.2 Å². The number of hydrazone groups is 1. The number of hydrogen-bond donors (Lipinski definition) is 1. The van der Waals surface area contributed by atoms with Crippen molar-refractivity contribution < 1.29 is 13.2 Å². The third-order valence-electron chi connectivity index (χ3n) is 3.82. The van der Waals surface area contributed by atoms with Crippen molar-refractivity contribution in [2.24, 2.45) is 5.10 Å². The van der Waals surface area contributed by atoms with Gasteiger partial charge in [0.1, 0.15) is 12.4 Å². The van der Waals surface area contributed by atoms with Gasteiger partial charge in [0.05, 0.1) is 11.1 Å². The highest BCUT2D eigenvalue weighted by Gasteiger charge is 2.10. The summed E-state index contributed by atoms with van der Waals surface area (Å²) in [6, 6.07) is 23.5. The van der Waals surface area contributed by atoms with Crippen molar-refractivity contribution in [3.05, 3.63) is 95.6 Å². The van der Waals surface area contributed by atoms with Crippen LogP contribution in [0.25, 0.3) is 0 Å². The molecule has 0 saturated carbocycles. The molecule has 1 N–H and O–H groups in total. The van der Waals surface area contributed by atoms with Crippen LogP contribution in [0.2, 0.25) is 0 Å². The number of rotatable bonds is 7. The second-order valence-corrected chi connectivity index (χ2v) is 7.67. The van der Waals surface area contributed by atoms with Gasteiger partial charge >= 0.3 is 0 Å². The van der Waals surface area contributed by atoms with Gasteiger partial charge in [0.15, 0.2) is 0 Å². The highest BCUT2D eigenvalue weighted by atomic mass is 32.2. The van der Waals surface area contributed by atoms with Gasteiger partial charge in [-0.25, -0.2) is 4.83 Å². The molecular weight excluding hydrogens is 360 g/mol. The minimum Gasteiger partial charge on any atom is -0.489 e. The monoisotopic (exact) mass is 380 g/mol. The molecule has 0 fully saturated rings. The van der Waals surface area contributed by atoms with E-state index in [1.165, 1.54) is 23.9 Å². The van der Waals surface area contributed by atoms with Crippen molar-refractivity contribution in [3.63, 3.8) is 0 Å². The first-order valence-corrected chi connectivity index (χ1v) is 9.89. The molecule has 0 aliphatic rings. The van der Waals surface area contributed by atoms with Crippen molar-refractivity contribution in [1.82, 2.24) is 4.83 Å². The fraction of sp³-hybridized carbons (Fsp3) is 0.0952. The van der Waals surface area contributed by atoms with Crippen LogP contribution in [0.15, 0.2) is 88.9 Å². The Labute approximate surface area is 159 Å². The Morgan fingerprint density at radius 3 is 2.44 bits per heavy atom. The van der Waals surface area contributed by atoms with Gasteiger partial charge in [0.25, 0.3) is 10.0 Å². The molecular formula is C21H20N2O3S. The number of benzene rings is 3. The molecule has 6 heteroatoms. The summed E-state index contributed by atoms with van der Waals surface area (Å²) in [5, 5.41) is 3.84. The first-order valence-electron chi connectivity index (χ1n) is 8.41. The van der Waals surface area contributed by atoms with Crippen molar-refractivity contribution in [2.75, 3.05) is 0 Å². The van der Waals surface area contributed by atoms with Crippen LogP contribution in [0.1, 0.15) is 16.7 Å². The maximum Gasteiger partial charge on any atom is 0.276 e. The van der Waals surface area contributed by atoms with Gasteiger partial charge in [-0.05, 0) is 42.3 Å². The Hall–Kier alpha value is -3.12. The standard InChI is InChI=1S/C21H20N2O3S/c1-17-10-12-18(13-11-17)16-26-20-7-5-6-19(14-20)15-22-23-27(24,25)21-8-3-2-4-9-21/h2-15,23H,16H2,1H3. The average Bonchev–Trinajstić information content (AvgIpc) is 2.68. The molecule has 0 radical (unpaired) electrons. The van der Waals surface area contributed by atoms with E-state index in [4.69, 9.17) is 4.74 Å². The van der Waals surface area contributed by atoms with E-state index < -0.39 is 10.0 Å². The number of nitrogens with one attached hydrogen (secondary N) is 1. The van der Waals surface area contributed by atoms with Gasteiger partial charge in [-0.15, -0.1) is 0 Å². The molecule has 0 spiro atoms. The molecule has 27 heavy (non-hydrogen) atoms. The normalized spacial score (nSPS) is 11.4. The van der Waals surface area contributed by atoms with E-state index in [1.54, 1.807) is 24.3 Å². The fourth-order valence-electron chi connectivity index (χ4n) is 2.36.